The molecule has 0 saturated heterocycles. The van der Waals surface area contributed by atoms with E-state index in [1.54, 1.807) is 11.3 Å². The number of rotatable bonds is 5. The van der Waals surface area contributed by atoms with Crippen LogP contribution in [0.15, 0.2) is 22.0 Å². The average Bonchev–Trinajstić information content (AvgIpc) is 2.99. The number of nitrogens with zero attached hydrogens (tertiary/aromatic N) is 1. The van der Waals surface area contributed by atoms with Gasteiger partial charge in [0.05, 0.1) is 6.42 Å². The van der Waals surface area contributed by atoms with Crippen LogP contribution in [0.5, 0.6) is 0 Å². The third-order valence-corrected chi connectivity index (χ3v) is 5.19. The highest BCUT2D eigenvalue weighted by Gasteiger charge is 2.40. The standard InChI is InChI=1S/C15H23N3O2S/c1-2-11-3-6-15(7-4-11,14(16)18-20)17-13(19)9-12-5-8-21-10-12/h5,8,10-11,20H,2-4,6-7,9H2,1H3,(H2,16,18)(H,17,19). The number of hydrogen-bond acceptors (Lipinski definition) is 4. The van der Waals surface area contributed by atoms with E-state index in [4.69, 9.17) is 10.9 Å². The van der Waals surface area contributed by atoms with E-state index in [1.807, 2.05) is 16.8 Å². The molecule has 0 bridgehead atoms. The molecular formula is C15H23N3O2S. The Morgan fingerprint density at radius 1 is 1.57 bits per heavy atom. The van der Waals surface area contributed by atoms with Crippen molar-refractivity contribution in [2.75, 3.05) is 0 Å². The smallest absolute Gasteiger partial charge is 0.225 e. The van der Waals surface area contributed by atoms with Crippen molar-refractivity contribution < 1.29 is 10.0 Å². The van der Waals surface area contributed by atoms with Crippen LogP contribution in [-0.4, -0.2) is 22.5 Å². The normalized spacial score (nSPS) is 26.5. The van der Waals surface area contributed by atoms with Gasteiger partial charge in [0.15, 0.2) is 5.84 Å². The van der Waals surface area contributed by atoms with Crippen LogP contribution in [0.3, 0.4) is 0 Å². The molecule has 0 atom stereocenters. The van der Waals surface area contributed by atoms with E-state index in [0.29, 0.717) is 12.3 Å². The second-order valence-electron chi connectivity index (χ2n) is 5.78. The molecule has 6 heteroatoms. The molecule has 1 heterocycles. The summed E-state index contributed by atoms with van der Waals surface area (Å²) in [6.07, 6.45) is 4.92. The van der Waals surface area contributed by atoms with E-state index >= 15 is 0 Å². The highest BCUT2D eigenvalue weighted by atomic mass is 32.1. The lowest BCUT2D eigenvalue weighted by atomic mass is 9.75. The molecule has 1 aliphatic rings. The molecule has 0 spiro atoms. The number of hydrogen-bond donors (Lipinski definition) is 3. The van der Waals surface area contributed by atoms with Gasteiger partial charge in [0, 0.05) is 0 Å². The summed E-state index contributed by atoms with van der Waals surface area (Å²) >= 11 is 1.57. The zero-order valence-electron chi connectivity index (χ0n) is 12.3. The van der Waals surface area contributed by atoms with Gasteiger partial charge < -0.3 is 16.3 Å². The average molecular weight is 309 g/mol. The number of thiophene rings is 1. The van der Waals surface area contributed by atoms with Crippen LogP contribution in [0.4, 0.5) is 0 Å². The Labute approximate surface area is 129 Å². The maximum atomic E-state index is 12.3. The number of nitrogens with one attached hydrogen (secondary N) is 1. The van der Waals surface area contributed by atoms with Gasteiger partial charge in [-0.15, -0.1) is 0 Å². The van der Waals surface area contributed by atoms with E-state index < -0.39 is 5.54 Å². The highest BCUT2D eigenvalue weighted by molar-refractivity contribution is 7.07. The maximum Gasteiger partial charge on any atom is 0.225 e. The fourth-order valence-corrected chi connectivity index (χ4v) is 3.68. The fourth-order valence-electron chi connectivity index (χ4n) is 3.01. The lowest BCUT2D eigenvalue weighted by Crippen LogP contribution is -2.59. The number of carbonyl (C=O) groups excluding carboxylic acids is 1. The zero-order chi connectivity index (χ0) is 15.3. The summed E-state index contributed by atoms with van der Waals surface area (Å²) < 4.78 is 0. The summed E-state index contributed by atoms with van der Waals surface area (Å²) in [4.78, 5) is 12.3. The van der Waals surface area contributed by atoms with Gasteiger partial charge in [-0.3, -0.25) is 4.79 Å². The lowest BCUT2D eigenvalue weighted by molar-refractivity contribution is -0.122. The molecule has 5 nitrogen and oxygen atoms in total. The van der Waals surface area contributed by atoms with Gasteiger partial charge in [0.25, 0.3) is 0 Å². The lowest BCUT2D eigenvalue weighted by Gasteiger charge is -2.39. The van der Waals surface area contributed by atoms with Crippen LogP contribution in [-0.2, 0) is 11.2 Å². The summed E-state index contributed by atoms with van der Waals surface area (Å²) in [5, 5.41) is 19.2. The monoisotopic (exact) mass is 309 g/mol. The predicted octanol–water partition coefficient (Wildman–Crippen LogP) is 2.49. The Bertz CT molecular complexity index is 491. The van der Waals surface area contributed by atoms with Crippen LogP contribution in [0, 0.1) is 5.92 Å². The van der Waals surface area contributed by atoms with Crippen molar-refractivity contribution in [1.82, 2.24) is 5.32 Å². The fraction of sp³-hybridized carbons (Fsp3) is 0.600. The van der Waals surface area contributed by atoms with Gasteiger partial charge >= 0.3 is 0 Å². The van der Waals surface area contributed by atoms with Crippen molar-refractivity contribution in [1.29, 1.82) is 0 Å². The Morgan fingerprint density at radius 2 is 2.29 bits per heavy atom. The SMILES string of the molecule is CCC1CCC(NC(=O)Cc2ccsc2)(/C(N)=N/O)CC1. The second kappa shape index (κ2) is 6.93. The molecule has 21 heavy (non-hydrogen) atoms. The summed E-state index contributed by atoms with van der Waals surface area (Å²) in [5.41, 5.74) is 6.19. The summed E-state index contributed by atoms with van der Waals surface area (Å²) in [6, 6.07) is 1.94. The van der Waals surface area contributed by atoms with E-state index in [-0.39, 0.29) is 11.7 Å². The van der Waals surface area contributed by atoms with Crippen molar-refractivity contribution in [2.24, 2.45) is 16.8 Å². The molecule has 1 aliphatic carbocycles. The molecule has 1 fully saturated rings. The van der Waals surface area contributed by atoms with Crippen molar-refractivity contribution in [3.63, 3.8) is 0 Å². The Kier molecular flexibility index (Phi) is 5.22. The molecule has 0 radical (unpaired) electrons. The van der Waals surface area contributed by atoms with Gasteiger partial charge in [0.2, 0.25) is 5.91 Å². The number of carbonyl (C=O) groups is 1. The number of amidine groups is 1. The highest BCUT2D eigenvalue weighted by Crippen LogP contribution is 2.34. The molecule has 1 aromatic rings. The van der Waals surface area contributed by atoms with E-state index in [0.717, 1.165) is 37.7 Å². The Morgan fingerprint density at radius 3 is 2.81 bits per heavy atom. The van der Waals surface area contributed by atoms with E-state index in [2.05, 4.69) is 17.4 Å². The van der Waals surface area contributed by atoms with Gasteiger partial charge in [-0.25, -0.2) is 0 Å². The first-order chi connectivity index (χ1) is 10.1. The summed E-state index contributed by atoms with van der Waals surface area (Å²) in [6.45, 7) is 2.18. The second-order valence-corrected chi connectivity index (χ2v) is 6.56. The van der Waals surface area contributed by atoms with Crippen LogP contribution >= 0.6 is 11.3 Å². The van der Waals surface area contributed by atoms with Crippen LogP contribution < -0.4 is 11.1 Å². The van der Waals surface area contributed by atoms with Crippen molar-refractivity contribution in [2.45, 2.75) is 51.0 Å². The first-order valence-electron chi connectivity index (χ1n) is 7.39. The molecule has 1 aromatic heterocycles. The topological polar surface area (TPSA) is 87.7 Å². The first-order valence-corrected chi connectivity index (χ1v) is 8.34. The molecule has 0 aliphatic heterocycles. The number of nitrogens with two attached hydrogens (primary N) is 1. The maximum absolute atomic E-state index is 12.3. The molecule has 1 amide bonds. The minimum atomic E-state index is -0.687. The van der Waals surface area contributed by atoms with E-state index in [9.17, 15) is 4.79 Å². The number of oxime groups is 1. The molecule has 0 aromatic carbocycles. The van der Waals surface area contributed by atoms with Crippen molar-refractivity contribution in [3.8, 4) is 0 Å². The minimum absolute atomic E-state index is 0.0741. The quantitative estimate of drug-likeness (QED) is 0.338. The molecular weight excluding hydrogens is 286 g/mol. The van der Waals surface area contributed by atoms with Crippen LogP contribution in [0.25, 0.3) is 0 Å². The Balaban J connectivity index is 2.05. The van der Waals surface area contributed by atoms with Crippen molar-refractivity contribution >= 4 is 23.1 Å². The van der Waals surface area contributed by atoms with E-state index in [1.165, 1.54) is 0 Å². The van der Waals surface area contributed by atoms with Crippen molar-refractivity contribution in [3.05, 3.63) is 22.4 Å². The molecule has 1 saturated carbocycles. The third kappa shape index (κ3) is 3.75. The summed E-state index contributed by atoms with van der Waals surface area (Å²) in [7, 11) is 0. The van der Waals surface area contributed by atoms with Gasteiger partial charge in [-0.05, 0) is 54.0 Å². The van der Waals surface area contributed by atoms with Gasteiger partial charge in [-0.1, -0.05) is 18.5 Å². The zero-order valence-corrected chi connectivity index (χ0v) is 13.2. The largest absolute Gasteiger partial charge is 0.409 e. The third-order valence-electron chi connectivity index (χ3n) is 4.46. The predicted molar refractivity (Wildman–Crippen MR) is 84.6 cm³/mol. The molecule has 0 unspecified atom stereocenters. The van der Waals surface area contributed by atoms with Gasteiger partial charge in [0.1, 0.15) is 5.54 Å². The summed E-state index contributed by atoms with van der Waals surface area (Å²) in [5.74, 6) is 0.712. The number of amides is 1. The van der Waals surface area contributed by atoms with Gasteiger partial charge in [-0.2, -0.15) is 11.3 Å². The Hall–Kier alpha value is -1.56. The molecule has 2 rings (SSSR count). The minimum Gasteiger partial charge on any atom is -0.409 e. The van der Waals surface area contributed by atoms with Crippen LogP contribution in [0.2, 0.25) is 0 Å². The molecule has 4 N–H and O–H groups in total. The molecule has 116 valence electrons. The first kappa shape index (κ1) is 15.8. The van der Waals surface area contributed by atoms with Crippen LogP contribution in [0.1, 0.15) is 44.6 Å².